The van der Waals surface area contributed by atoms with E-state index in [-0.39, 0.29) is 11.8 Å². The molecule has 6 heteroatoms. The number of halogens is 1. The van der Waals surface area contributed by atoms with Crippen molar-refractivity contribution in [3.8, 4) is 0 Å². The van der Waals surface area contributed by atoms with Crippen molar-refractivity contribution in [1.82, 2.24) is 9.80 Å². The van der Waals surface area contributed by atoms with E-state index in [2.05, 4.69) is 0 Å². The average molecular weight is 349 g/mol. The molecule has 23 heavy (non-hydrogen) atoms. The van der Waals surface area contributed by atoms with Crippen molar-refractivity contribution in [1.29, 1.82) is 0 Å². The molecule has 1 aromatic carbocycles. The van der Waals surface area contributed by atoms with Crippen molar-refractivity contribution in [3.63, 3.8) is 0 Å². The summed E-state index contributed by atoms with van der Waals surface area (Å²) in [6.07, 6.45) is 0.788. The van der Waals surface area contributed by atoms with Crippen LogP contribution in [0.3, 0.4) is 0 Å². The lowest BCUT2D eigenvalue weighted by atomic mass is 10.2. The van der Waals surface area contributed by atoms with Gasteiger partial charge in [0.1, 0.15) is 0 Å². The normalized spacial score (nSPS) is 15.3. The Morgan fingerprint density at radius 1 is 0.913 bits per heavy atom. The molecular weight excluding hydrogens is 332 g/mol. The zero-order chi connectivity index (χ0) is 16.2. The fourth-order valence-electron chi connectivity index (χ4n) is 2.65. The number of rotatable bonds is 2. The molecule has 4 nitrogen and oxygen atoms in total. The Morgan fingerprint density at radius 2 is 1.57 bits per heavy atom. The van der Waals surface area contributed by atoms with Crippen LogP contribution in [-0.4, -0.2) is 47.8 Å². The van der Waals surface area contributed by atoms with Crippen LogP contribution in [0.4, 0.5) is 0 Å². The van der Waals surface area contributed by atoms with Gasteiger partial charge in [-0.1, -0.05) is 17.7 Å². The summed E-state index contributed by atoms with van der Waals surface area (Å²) in [7, 11) is 0. The van der Waals surface area contributed by atoms with Crippen molar-refractivity contribution >= 4 is 34.8 Å². The highest BCUT2D eigenvalue weighted by molar-refractivity contribution is 7.12. The van der Waals surface area contributed by atoms with Gasteiger partial charge in [0.2, 0.25) is 0 Å². The maximum atomic E-state index is 12.6. The molecule has 2 aromatic rings. The summed E-state index contributed by atoms with van der Waals surface area (Å²) in [6.45, 7) is 2.46. The number of thiophene rings is 1. The Hall–Kier alpha value is -1.85. The fourth-order valence-corrected chi connectivity index (χ4v) is 3.47. The van der Waals surface area contributed by atoms with E-state index in [4.69, 9.17) is 11.6 Å². The lowest BCUT2D eigenvalue weighted by molar-refractivity contribution is 0.0721. The first kappa shape index (κ1) is 16.0. The van der Waals surface area contributed by atoms with Crippen LogP contribution in [0.1, 0.15) is 26.5 Å². The Kier molecular flexibility index (Phi) is 4.98. The van der Waals surface area contributed by atoms with Gasteiger partial charge in [0, 0.05) is 36.8 Å². The third-order valence-electron chi connectivity index (χ3n) is 3.89. The third-order valence-corrected chi connectivity index (χ3v) is 5.00. The topological polar surface area (TPSA) is 40.6 Å². The minimum Gasteiger partial charge on any atom is -0.337 e. The lowest BCUT2D eigenvalue weighted by Crippen LogP contribution is -2.37. The lowest BCUT2D eigenvalue weighted by Gasteiger charge is -2.22. The highest BCUT2D eigenvalue weighted by Crippen LogP contribution is 2.16. The van der Waals surface area contributed by atoms with Crippen LogP contribution in [-0.2, 0) is 0 Å². The second-order valence-electron chi connectivity index (χ2n) is 5.42. The average Bonchev–Trinajstić information content (AvgIpc) is 2.99. The van der Waals surface area contributed by atoms with E-state index in [9.17, 15) is 9.59 Å². The second kappa shape index (κ2) is 7.15. The molecule has 0 N–H and O–H groups in total. The molecule has 1 saturated heterocycles. The quantitative estimate of drug-likeness (QED) is 0.834. The van der Waals surface area contributed by atoms with Gasteiger partial charge in [0.25, 0.3) is 11.8 Å². The Labute approximate surface area is 144 Å². The van der Waals surface area contributed by atoms with Gasteiger partial charge in [-0.15, -0.1) is 11.3 Å². The van der Waals surface area contributed by atoms with E-state index >= 15 is 0 Å². The summed E-state index contributed by atoms with van der Waals surface area (Å²) in [6, 6.07) is 10.6. The Bertz CT molecular complexity index is 685. The molecule has 120 valence electrons. The fraction of sp³-hybridized carbons (Fsp3) is 0.294. The van der Waals surface area contributed by atoms with Crippen molar-refractivity contribution in [3.05, 3.63) is 57.2 Å². The van der Waals surface area contributed by atoms with E-state index in [1.54, 1.807) is 24.3 Å². The molecule has 0 saturated carbocycles. The van der Waals surface area contributed by atoms with E-state index in [1.165, 1.54) is 11.3 Å². The second-order valence-corrected chi connectivity index (χ2v) is 6.81. The molecular formula is C17H17ClN2O2S. The SMILES string of the molecule is O=C(c1ccc(Cl)cc1)N1CCCN(C(=O)c2cccs2)CC1. The van der Waals surface area contributed by atoms with Crippen molar-refractivity contribution in [2.45, 2.75) is 6.42 Å². The van der Waals surface area contributed by atoms with Gasteiger partial charge in [0.05, 0.1) is 4.88 Å². The first-order valence-electron chi connectivity index (χ1n) is 7.53. The van der Waals surface area contributed by atoms with Gasteiger partial charge in [-0.05, 0) is 42.1 Å². The first-order chi connectivity index (χ1) is 11.1. The van der Waals surface area contributed by atoms with Gasteiger partial charge >= 0.3 is 0 Å². The number of amides is 2. The predicted molar refractivity (Wildman–Crippen MR) is 92.2 cm³/mol. The maximum absolute atomic E-state index is 12.6. The molecule has 2 heterocycles. The van der Waals surface area contributed by atoms with Crippen LogP contribution in [0, 0.1) is 0 Å². The van der Waals surface area contributed by atoms with E-state index < -0.39 is 0 Å². The number of hydrogen-bond donors (Lipinski definition) is 0. The molecule has 0 bridgehead atoms. The highest BCUT2D eigenvalue weighted by atomic mass is 35.5. The Balaban J connectivity index is 1.65. The van der Waals surface area contributed by atoms with Gasteiger partial charge < -0.3 is 9.80 Å². The number of nitrogens with zero attached hydrogens (tertiary/aromatic N) is 2. The minimum atomic E-state index is -0.00732. The molecule has 0 aliphatic carbocycles. The van der Waals surface area contributed by atoms with E-state index in [0.29, 0.717) is 36.8 Å². The smallest absolute Gasteiger partial charge is 0.263 e. The monoisotopic (exact) mass is 348 g/mol. The number of carbonyl (C=O) groups excluding carboxylic acids is 2. The molecule has 0 spiro atoms. The van der Waals surface area contributed by atoms with Crippen LogP contribution >= 0.6 is 22.9 Å². The molecule has 0 radical (unpaired) electrons. The summed E-state index contributed by atoms with van der Waals surface area (Å²) < 4.78 is 0. The van der Waals surface area contributed by atoms with Crippen LogP contribution in [0.2, 0.25) is 5.02 Å². The summed E-state index contributed by atoms with van der Waals surface area (Å²) >= 11 is 7.32. The van der Waals surface area contributed by atoms with Gasteiger partial charge in [0.15, 0.2) is 0 Å². The predicted octanol–water partition coefficient (Wildman–Crippen LogP) is 3.39. The molecule has 1 aromatic heterocycles. The maximum Gasteiger partial charge on any atom is 0.263 e. The molecule has 1 aliphatic heterocycles. The number of carbonyl (C=O) groups is 2. The number of hydrogen-bond acceptors (Lipinski definition) is 3. The van der Waals surface area contributed by atoms with Gasteiger partial charge in [-0.3, -0.25) is 9.59 Å². The molecule has 3 rings (SSSR count). The van der Waals surface area contributed by atoms with Crippen molar-refractivity contribution in [2.24, 2.45) is 0 Å². The summed E-state index contributed by atoms with van der Waals surface area (Å²) in [4.78, 5) is 29.4. The zero-order valence-corrected chi connectivity index (χ0v) is 14.1. The van der Waals surface area contributed by atoms with E-state index in [0.717, 1.165) is 11.3 Å². The molecule has 2 amide bonds. The summed E-state index contributed by atoms with van der Waals surface area (Å²) in [5.74, 6) is 0.0490. The Morgan fingerprint density at radius 3 is 2.17 bits per heavy atom. The summed E-state index contributed by atoms with van der Waals surface area (Å²) in [5, 5.41) is 2.52. The van der Waals surface area contributed by atoms with Crippen molar-refractivity contribution < 1.29 is 9.59 Å². The van der Waals surface area contributed by atoms with Gasteiger partial charge in [-0.25, -0.2) is 0 Å². The van der Waals surface area contributed by atoms with Crippen LogP contribution in [0.25, 0.3) is 0 Å². The molecule has 1 fully saturated rings. The van der Waals surface area contributed by atoms with Crippen LogP contribution in [0.5, 0.6) is 0 Å². The first-order valence-corrected chi connectivity index (χ1v) is 8.78. The van der Waals surface area contributed by atoms with Crippen LogP contribution in [0.15, 0.2) is 41.8 Å². The van der Waals surface area contributed by atoms with Gasteiger partial charge in [-0.2, -0.15) is 0 Å². The molecule has 0 unspecified atom stereocenters. The summed E-state index contributed by atoms with van der Waals surface area (Å²) in [5.41, 5.74) is 0.632. The largest absolute Gasteiger partial charge is 0.337 e. The van der Waals surface area contributed by atoms with E-state index in [1.807, 2.05) is 27.3 Å². The minimum absolute atomic E-state index is 0.00732. The number of benzene rings is 1. The zero-order valence-electron chi connectivity index (χ0n) is 12.6. The van der Waals surface area contributed by atoms with Crippen LogP contribution < -0.4 is 0 Å². The molecule has 1 aliphatic rings. The molecule has 0 atom stereocenters. The standard InChI is InChI=1S/C17H17ClN2O2S/c18-14-6-4-13(5-7-14)16(21)19-8-2-9-20(11-10-19)17(22)15-3-1-12-23-15/h1,3-7,12H,2,8-11H2. The third kappa shape index (κ3) is 3.74. The van der Waals surface area contributed by atoms with Crippen molar-refractivity contribution in [2.75, 3.05) is 26.2 Å². The highest BCUT2D eigenvalue weighted by Gasteiger charge is 2.23.